The van der Waals surface area contributed by atoms with Crippen LogP contribution in [0.2, 0.25) is 0 Å². The van der Waals surface area contributed by atoms with E-state index in [9.17, 15) is 0 Å². The average molecular weight is 477 g/mol. The molecule has 0 bridgehead atoms. The van der Waals surface area contributed by atoms with Gasteiger partial charge in [-0.25, -0.2) is 0 Å². The lowest BCUT2D eigenvalue weighted by Gasteiger charge is -2.10. The molecule has 0 radical (unpaired) electrons. The number of anilines is 2. The molecule has 4 aromatic carbocycles. The first-order valence-electron chi connectivity index (χ1n) is 13.4. The normalized spacial score (nSPS) is 11.1. The largest absolute Gasteiger partial charge is 0.399 e. The van der Waals surface area contributed by atoms with Gasteiger partial charge in [0.2, 0.25) is 0 Å². The van der Waals surface area contributed by atoms with E-state index in [2.05, 4.69) is 86.6 Å². The summed E-state index contributed by atoms with van der Waals surface area (Å²) < 4.78 is 0. The smallest absolute Gasteiger partial charge is 0.0316 e. The van der Waals surface area contributed by atoms with Gasteiger partial charge in [0, 0.05) is 11.4 Å². The molecule has 0 saturated heterocycles. The van der Waals surface area contributed by atoms with Gasteiger partial charge in [-0.15, -0.1) is 0 Å². The molecule has 186 valence electrons. The molecule has 0 spiro atoms. The van der Waals surface area contributed by atoms with E-state index < -0.39 is 0 Å². The highest BCUT2D eigenvalue weighted by Crippen LogP contribution is 2.21. The zero-order chi connectivity index (χ0) is 25.3. The lowest BCUT2D eigenvalue weighted by Crippen LogP contribution is -1.97. The molecule has 0 aliphatic rings. The Labute approximate surface area is 217 Å². The Balaban J connectivity index is 1.23. The van der Waals surface area contributed by atoms with E-state index in [4.69, 9.17) is 11.5 Å². The maximum atomic E-state index is 5.96. The number of nitrogens with two attached hydrogens (primary N) is 2. The number of aryl methyl sites for hydroxylation is 4. The third-order valence-electron chi connectivity index (χ3n) is 7.24. The molecule has 0 amide bonds. The van der Waals surface area contributed by atoms with Gasteiger partial charge in [-0.1, -0.05) is 74.5 Å². The van der Waals surface area contributed by atoms with Gasteiger partial charge in [0.1, 0.15) is 0 Å². The van der Waals surface area contributed by atoms with Crippen LogP contribution in [0.1, 0.15) is 71.2 Å². The fraction of sp³-hybridized carbons (Fsp3) is 0.294. The number of hydrogen-bond acceptors (Lipinski definition) is 2. The van der Waals surface area contributed by atoms with Crippen molar-refractivity contribution < 1.29 is 0 Å². The highest BCUT2D eigenvalue weighted by Gasteiger charge is 2.05. The van der Waals surface area contributed by atoms with Crippen LogP contribution in [0.5, 0.6) is 0 Å². The minimum atomic E-state index is 0.852. The van der Waals surface area contributed by atoms with E-state index in [0.717, 1.165) is 49.9 Å². The van der Waals surface area contributed by atoms with E-state index in [0.29, 0.717) is 0 Å². The predicted octanol–water partition coefficient (Wildman–Crippen LogP) is 7.72. The van der Waals surface area contributed by atoms with Crippen LogP contribution in [0.3, 0.4) is 0 Å². The molecule has 4 aromatic rings. The van der Waals surface area contributed by atoms with Gasteiger partial charge in [-0.05, 0) is 120 Å². The van der Waals surface area contributed by atoms with Crippen LogP contribution in [-0.4, -0.2) is 0 Å². The molecule has 4 N–H and O–H groups in total. The first-order chi connectivity index (χ1) is 17.5. The highest BCUT2D eigenvalue weighted by molar-refractivity contribution is 5.47. The minimum absolute atomic E-state index is 0.852. The summed E-state index contributed by atoms with van der Waals surface area (Å²) in [6.45, 7) is 4.39. The second-order valence-corrected chi connectivity index (χ2v) is 9.96. The monoisotopic (exact) mass is 476 g/mol. The Morgan fingerprint density at radius 3 is 1.17 bits per heavy atom. The van der Waals surface area contributed by atoms with E-state index in [1.807, 2.05) is 12.1 Å². The van der Waals surface area contributed by atoms with Crippen molar-refractivity contribution in [2.45, 2.75) is 65.2 Å². The van der Waals surface area contributed by atoms with E-state index in [1.54, 1.807) is 0 Å². The third kappa shape index (κ3) is 7.01. The molecule has 0 aromatic heterocycles. The van der Waals surface area contributed by atoms with Crippen LogP contribution >= 0.6 is 0 Å². The van der Waals surface area contributed by atoms with Crippen LogP contribution in [0.25, 0.3) is 0 Å². The fourth-order valence-corrected chi connectivity index (χ4v) is 5.04. The maximum Gasteiger partial charge on any atom is 0.0316 e. The summed E-state index contributed by atoms with van der Waals surface area (Å²) in [6, 6.07) is 30.9. The lowest BCUT2D eigenvalue weighted by atomic mass is 9.96. The summed E-state index contributed by atoms with van der Waals surface area (Å²) in [4.78, 5) is 0. The molecular weight excluding hydrogens is 436 g/mol. The molecule has 0 aliphatic heterocycles. The van der Waals surface area contributed by atoms with E-state index in [-0.39, 0.29) is 0 Å². The van der Waals surface area contributed by atoms with Crippen molar-refractivity contribution in [3.63, 3.8) is 0 Å². The first-order valence-corrected chi connectivity index (χ1v) is 13.4. The molecule has 0 atom stereocenters. The van der Waals surface area contributed by atoms with Crippen molar-refractivity contribution in [1.29, 1.82) is 0 Å². The zero-order valence-corrected chi connectivity index (χ0v) is 21.9. The van der Waals surface area contributed by atoms with Crippen LogP contribution < -0.4 is 11.5 Å². The molecule has 36 heavy (non-hydrogen) atoms. The van der Waals surface area contributed by atoms with Crippen LogP contribution in [0, 0.1) is 0 Å². The quantitative estimate of drug-likeness (QED) is 0.172. The van der Waals surface area contributed by atoms with Crippen molar-refractivity contribution in [3.05, 3.63) is 129 Å². The second-order valence-electron chi connectivity index (χ2n) is 9.96. The maximum absolute atomic E-state index is 5.96. The molecule has 0 heterocycles. The molecule has 0 saturated carbocycles. The zero-order valence-electron chi connectivity index (χ0n) is 21.9. The van der Waals surface area contributed by atoms with Gasteiger partial charge in [0.15, 0.2) is 0 Å². The highest BCUT2D eigenvalue weighted by atomic mass is 14.5. The molecule has 2 heteroatoms. The van der Waals surface area contributed by atoms with Gasteiger partial charge in [-0.2, -0.15) is 0 Å². The SMILES string of the molecule is CCc1cc(N)ccc1Cc1ccc(CCCCc2ccc(Cc3ccc(N)cc3CC)cc2)cc1. The van der Waals surface area contributed by atoms with Crippen molar-refractivity contribution >= 4 is 11.4 Å². The Bertz CT molecular complexity index is 1150. The van der Waals surface area contributed by atoms with Crippen molar-refractivity contribution in [2.75, 3.05) is 11.5 Å². The summed E-state index contributed by atoms with van der Waals surface area (Å²) in [6.07, 6.45) is 8.67. The molecule has 0 aliphatic carbocycles. The fourth-order valence-electron chi connectivity index (χ4n) is 5.04. The minimum Gasteiger partial charge on any atom is -0.399 e. The summed E-state index contributed by atoms with van der Waals surface area (Å²) in [5.41, 5.74) is 24.7. The Morgan fingerprint density at radius 2 is 0.806 bits per heavy atom. The van der Waals surface area contributed by atoms with Gasteiger partial charge >= 0.3 is 0 Å². The summed E-state index contributed by atoms with van der Waals surface area (Å²) in [7, 11) is 0. The Hall–Kier alpha value is -3.52. The number of benzene rings is 4. The summed E-state index contributed by atoms with van der Waals surface area (Å²) >= 11 is 0. The second kappa shape index (κ2) is 12.4. The van der Waals surface area contributed by atoms with Gasteiger partial charge in [-0.3, -0.25) is 0 Å². The van der Waals surface area contributed by atoms with E-state index >= 15 is 0 Å². The Morgan fingerprint density at radius 1 is 0.444 bits per heavy atom. The molecule has 0 fully saturated rings. The van der Waals surface area contributed by atoms with E-state index in [1.165, 1.54) is 57.3 Å². The number of rotatable bonds is 11. The summed E-state index contributed by atoms with van der Waals surface area (Å²) in [5, 5.41) is 0. The number of nitrogen functional groups attached to an aromatic ring is 2. The molecule has 4 rings (SSSR count). The van der Waals surface area contributed by atoms with Gasteiger partial charge < -0.3 is 11.5 Å². The predicted molar refractivity (Wildman–Crippen MR) is 156 cm³/mol. The average Bonchev–Trinajstić information content (AvgIpc) is 2.90. The molecular formula is C34H40N2. The van der Waals surface area contributed by atoms with Crippen molar-refractivity contribution in [1.82, 2.24) is 0 Å². The molecule has 2 nitrogen and oxygen atoms in total. The van der Waals surface area contributed by atoms with Gasteiger partial charge in [0.05, 0.1) is 0 Å². The topological polar surface area (TPSA) is 52.0 Å². The van der Waals surface area contributed by atoms with Crippen LogP contribution in [0.4, 0.5) is 11.4 Å². The lowest BCUT2D eigenvalue weighted by molar-refractivity contribution is 0.734. The summed E-state index contributed by atoms with van der Waals surface area (Å²) in [5.74, 6) is 0. The van der Waals surface area contributed by atoms with Crippen molar-refractivity contribution in [2.24, 2.45) is 0 Å². The third-order valence-corrected chi connectivity index (χ3v) is 7.24. The van der Waals surface area contributed by atoms with Gasteiger partial charge in [0.25, 0.3) is 0 Å². The van der Waals surface area contributed by atoms with Crippen LogP contribution in [0.15, 0.2) is 84.9 Å². The van der Waals surface area contributed by atoms with Crippen molar-refractivity contribution in [3.8, 4) is 0 Å². The number of hydrogen-bond donors (Lipinski definition) is 2. The Kier molecular flexibility index (Phi) is 8.84. The van der Waals surface area contributed by atoms with Crippen LogP contribution in [-0.2, 0) is 38.5 Å². The molecule has 0 unspecified atom stereocenters. The first kappa shape index (κ1) is 25.6. The standard InChI is InChI=1S/C34H40N2/c1-3-29-23-33(35)19-17-31(29)21-27-13-9-25(10-14-27)7-5-6-8-26-11-15-28(16-12-26)22-32-18-20-34(36)24-30(32)4-2/h9-20,23-24H,3-8,21-22,35-36H2,1-2H3. The number of unbranched alkanes of at least 4 members (excludes halogenated alkanes) is 1.